The van der Waals surface area contributed by atoms with Gasteiger partial charge in [0.2, 0.25) is 0 Å². The highest BCUT2D eigenvalue weighted by Crippen LogP contribution is 2.25. The summed E-state index contributed by atoms with van der Waals surface area (Å²) in [7, 11) is 0. The molecule has 0 aliphatic rings. The van der Waals surface area contributed by atoms with E-state index in [9.17, 15) is 9.90 Å². The molecular weight excluding hydrogens is 246 g/mol. The zero-order valence-corrected chi connectivity index (χ0v) is 9.05. The number of nitrogens with one attached hydrogen (secondary N) is 1. The Bertz CT molecular complexity index is 570. The zero-order valence-electron chi connectivity index (χ0n) is 8.23. The van der Waals surface area contributed by atoms with Gasteiger partial charge in [-0.2, -0.15) is 0 Å². The molecule has 0 saturated heterocycles. The number of rotatable bonds is 2. The third-order valence-electron chi connectivity index (χ3n) is 1.90. The lowest BCUT2D eigenvalue weighted by Crippen LogP contribution is -2.14. The Hall–Kier alpha value is -2.42. The van der Waals surface area contributed by atoms with Crippen molar-refractivity contribution in [2.24, 2.45) is 0 Å². The van der Waals surface area contributed by atoms with E-state index in [-0.39, 0.29) is 17.3 Å². The van der Waals surface area contributed by atoms with Gasteiger partial charge in [-0.15, -0.1) is 4.09 Å². The number of anilines is 1. The summed E-state index contributed by atoms with van der Waals surface area (Å²) in [5.41, 5.74) is 0.137. The number of aromatic hydroxyl groups is 2. The van der Waals surface area contributed by atoms with Crippen molar-refractivity contribution in [2.75, 3.05) is 5.32 Å². The summed E-state index contributed by atoms with van der Waals surface area (Å²) < 4.78 is 0.873. The van der Waals surface area contributed by atoms with E-state index >= 15 is 0 Å². The van der Waals surface area contributed by atoms with E-state index in [0.29, 0.717) is 0 Å². The number of nitrogens with zero attached hydrogens (tertiary/aromatic N) is 4. The number of benzene rings is 1. The molecule has 2 aromatic rings. The van der Waals surface area contributed by atoms with Crippen molar-refractivity contribution in [1.29, 1.82) is 0 Å². The van der Waals surface area contributed by atoms with Crippen LogP contribution in [0.1, 0.15) is 10.4 Å². The van der Waals surface area contributed by atoms with Crippen LogP contribution in [-0.4, -0.2) is 35.7 Å². The average molecular weight is 252 g/mol. The van der Waals surface area contributed by atoms with Crippen LogP contribution >= 0.6 is 12.8 Å². The van der Waals surface area contributed by atoms with Crippen molar-refractivity contribution in [1.82, 2.24) is 19.6 Å². The number of tetrazole rings is 1. The van der Waals surface area contributed by atoms with Crippen LogP contribution < -0.4 is 5.32 Å². The van der Waals surface area contributed by atoms with Gasteiger partial charge in [0.05, 0.1) is 0 Å². The molecule has 1 heterocycles. The van der Waals surface area contributed by atoms with Gasteiger partial charge in [-0.05, 0) is 28.6 Å². The van der Waals surface area contributed by atoms with E-state index in [1.54, 1.807) is 0 Å². The molecule has 0 aliphatic carbocycles. The van der Waals surface area contributed by atoms with Crippen LogP contribution in [0.4, 0.5) is 5.95 Å². The number of carbonyl (C=O) groups excluding carboxylic acids is 1. The van der Waals surface area contributed by atoms with Crippen LogP contribution in [0.5, 0.6) is 11.5 Å². The fraction of sp³-hybridized carbons (Fsp3) is 0. The van der Waals surface area contributed by atoms with Crippen LogP contribution in [-0.2, 0) is 0 Å². The topological polar surface area (TPSA) is 113 Å². The third kappa shape index (κ3) is 2.23. The molecule has 1 amide bonds. The molecule has 3 N–H and O–H groups in total. The molecule has 9 heteroatoms. The highest BCUT2D eigenvalue weighted by Gasteiger charge is 2.12. The first-order valence-electron chi connectivity index (χ1n) is 4.37. The van der Waals surface area contributed by atoms with E-state index in [2.05, 4.69) is 33.7 Å². The number of hydrogen-bond donors (Lipinski definition) is 3. The predicted octanol–water partition coefficient (Wildman–Crippen LogP) is 0.297. The SMILES string of the molecule is O=C(Nc1nnnn1[S])c1ccc(O)c(O)c1. The van der Waals surface area contributed by atoms with Gasteiger partial charge in [0.15, 0.2) is 11.5 Å². The van der Waals surface area contributed by atoms with Crippen LogP contribution in [0, 0.1) is 0 Å². The molecule has 1 aromatic heterocycles. The maximum atomic E-state index is 11.7. The minimum atomic E-state index is -0.554. The first-order chi connectivity index (χ1) is 8.08. The van der Waals surface area contributed by atoms with Crippen LogP contribution in [0.3, 0.4) is 0 Å². The van der Waals surface area contributed by atoms with E-state index < -0.39 is 11.7 Å². The molecule has 0 aliphatic heterocycles. The summed E-state index contributed by atoms with van der Waals surface area (Å²) in [6.07, 6.45) is 0. The lowest BCUT2D eigenvalue weighted by Gasteiger charge is -2.03. The minimum absolute atomic E-state index is 0.00225. The Morgan fingerprint density at radius 2 is 2.12 bits per heavy atom. The number of phenols is 2. The molecule has 0 fully saturated rings. The molecule has 0 unspecified atom stereocenters. The zero-order chi connectivity index (χ0) is 12.4. The first kappa shape index (κ1) is 11.1. The number of carbonyl (C=O) groups is 1. The molecule has 87 valence electrons. The second-order valence-electron chi connectivity index (χ2n) is 3.03. The Morgan fingerprint density at radius 1 is 1.35 bits per heavy atom. The molecule has 0 saturated carbocycles. The van der Waals surface area contributed by atoms with E-state index in [4.69, 9.17) is 5.11 Å². The van der Waals surface area contributed by atoms with Gasteiger partial charge in [-0.25, -0.2) is 0 Å². The van der Waals surface area contributed by atoms with Crippen molar-refractivity contribution < 1.29 is 15.0 Å². The number of phenolic OH excluding ortho intramolecular Hbond substituents is 2. The maximum absolute atomic E-state index is 11.7. The molecular formula is C8H6N5O3S. The van der Waals surface area contributed by atoms with Gasteiger partial charge in [-0.1, -0.05) is 5.10 Å². The van der Waals surface area contributed by atoms with Crippen LogP contribution in [0.25, 0.3) is 0 Å². The summed E-state index contributed by atoms with van der Waals surface area (Å²) in [4.78, 5) is 11.7. The van der Waals surface area contributed by atoms with Gasteiger partial charge in [-0.3, -0.25) is 10.1 Å². The number of aromatic nitrogens is 4. The molecule has 1 radical (unpaired) electrons. The van der Waals surface area contributed by atoms with Gasteiger partial charge >= 0.3 is 0 Å². The molecule has 8 nitrogen and oxygen atoms in total. The molecule has 0 spiro atoms. The van der Waals surface area contributed by atoms with Crippen LogP contribution in [0.15, 0.2) is 18.2 Å². The van der Waals surface area contributed by atoms with Crippen LogP contribution in [0.2, 0.25) is 0 Å². The molecule has 0 atom stereocenters. The highest BCUT2D eigenvalue weighted by molar-refractivity contribution is 7.78. The van der Waals surface area contributed by atoms with Gasteiger partial charge in [0, 0.05) is 18.4 Å². The minimum Gasteiger partial charge on any atom is -0.504 e. The summed E-state index contributed by atoms with van der Waals surface area (Å²) in [5.74, 6) is -1.26. The fourth-order valence-electron chi connectivity index (χ4n) is 1.09. The van der Waals surface area contributed by atoms with Gasteiger partial charge in [0.25, 0.3) is 11.9 Å². The maximum Gasteiger partial charge on any atom is 0.265 e. The van der Waals surface area contributed by atoms with E-state index in [0.717, 1.165) is 10.2 Å². The lowest BCUT2D eigenvalue weighted by molar-refractivity contribution is 0.102. The first-order valence-corrected chi connectivity index (χ1v) is 4.73. The normalized spacial score (nSPS) is 10.1. The van der Waals surface area contributed by atoms with E-state index in [1.165, 1.54) is 12.1 Å². The molecule has 0 bridgehead atoms. The summed E-state index contributed by atoms with van der Waals surface area (Å²) >= 11 is 4.68. The second-order valence-corrected chi connectivity index (χ2v) is 3.38. The largest absolute Gasteiger partial charge is 0.504 e. The Labute approximate surface area is 100 Å². The lowest BCUT2D eigenvalue weighted by atomic mass is 10.2. The number of hydrogen-bond acceptors (Lipinski definition) is 6. The smallest absolute Gasteiger partial charge is 0.265 e. The highest BCUT2D eigenvalue weighted by atomic mass is 32.1. The van der Waals surface area contributed by atoms with Crippen molar-refractivity contribution in [2.45, 2.75) is 0 Å². The van der Waals surface area contributed by atoms with Crippen molar-refractivity contribution >= 4 is 24.7 Å². The molecule has 1 aromatic carbocycles. The van der Waals surface area contributed by atoms with Crippen molar-refractivity contribution in [3.05, 3.63) is 23.8 Å². The standard InChI is InChI=1S/C8H6N5O3S/c14-5-2-1-4(3-6(5)15)7(16)9-8-10-11-12-13(8)17/h1-3,14-15H,(H,9,10,12,16). The summed E-state index contributed by atoms with van der Waals surface area (Å²) in [6.45, 7) is 0. The Balaban J connectivity index is 2.20. The Kier molecular flexibility index (Phi) is 2.75. The quantitative estimate of drug-likeness (QED) is 0.662. The summed E-state index contributed by atoms with van der Waals surface area (Å²) in [6, 6.07) is 3.64. The second kappa shape index (κ2) is 4.22. The van der Waals surface area contributed by atoms with Gasteiger partial charge in [0.1, 0.15) is 0 Å². The monoisotopic (exact) mass is 252 g/mol. The summed E-state index contributed by atoms with van der Waals surface area (Å²) in [5, 5.41) is 30.8. The predicted molar refractivity (Wildman–Crippen MR) is 58.5 cm³/mol. The van der Waals surface area contributed by atoms with Gasteiger partial charge < -0.3 is 10.2 Å². The fourth-order valence-corrected chi connectivity index (χ4v) is 1.21. The average Bonchev–Trinajstić information content (AvgIpc) is 2.68. The van der Waals surface area contributed by atoms with Crippen molar-refractivity contribution in [3.8, 4) is 11.5 Å². The molecule has 2 rings (SSSR count). The third-order valence-corrected chi connectivity index (χ3v) is 2.15. The number of amides is 1. The van der Waals surface area contributed by atoms with E-state index in [1.807, 2.05) is 0 Å². The van der Waals surface area contributed by atoms with Crippen molar-refractivity contribution in [3.63, 3.8) is 0 Å². The Morgan fingerprint density at radius 3 is 2.71 bits per heavy atom. The molecule has 17 heavy (non-hydrogen) atoms.